The van der Waals surface area contributed by atoms with Gasteiger partial charge in [0.25, 0.3) is 0 Å². The Hall–Kier alpha value is -1.80. The SMILES string of the molecule is O=C(CCCCCCCC(=O)Nc1nc2c(s1)CCCC2)Nc1nc2c(s1)CCCC2. The number of anilines is 2. The molecule has 0 bridgehead atoms. The third kappa shape index (κ3) is 6.59. The number of carbonyl (C=O) groups excluding carboxylic acids is 2. The molecule has 0 fully saturated rings. The molecule has 0 atom stereocenters. The molecule has 2 heterocycles. The summed E-state index contributed by atoms with van der Waals surface area (Å²) >= 11 is 3.28. The van der Waals surface area contributed by atoms with Gasteiger partial charge in [0.05, 0.1) is 11.4 Å². The van der Waals surface area contributed by atoms with E-state index < -0.39 is 0 Å². The van der Waals surface area contributed by atoms with Crippen LogP contribution in [0.3, 0.4) is 0 Å². The average Bonchev–Trinajstić information content (AvgIpc) is 3.35. The van der Waals surface area contributed by atoms with Gasteiger partial charge in [0.15, 0.2) is 10.3 Å². The Bertz CT molecular complexity index is 786. The molecule has 31 heavy (non-hydrogen) atoms. The number of nitrogens with zero attached hydrogens (tertiary/aromatic N) is 2. The van der Waals surface area contributed by atoms with Crippen LogP contribution >= 0.6 is 22.7 Å². The Morgan fingerprint density at radius 3 is 1.52 bits per heavy atom. The molecule has 0 unspecified atom stereocenters. The summed E-state index contributed by atoms with van der Waals surface area (Å²) < 4.78 is 0. The van der Waals surface area contributed by atoms with Crippen LogP contribution in [0.15, 0.2) is 0 Å². The second-order valence-corrected chi connectivity index (χ2v) is 10.7. The van der Waals surface area contributed by atoms with Crippen LogP contribution in [0.25, 0.3) is 0 Å². The van der Waals surface area contributed by atoms with Gasteiger partial charge in [0, 0.05) is 22.6 Å². The number of thiazole rings is 2. The highest BCUT2D eigenvalue weighted by Gasteiger charge is 2.17. The summed E-state index contributed by atoms with van der Waals surface area (Å²) in [6.07, 6.45) is 15.1. The van der Waals surface area contributed by atoms with Crippen LogP contribution in [0.4, 0.5) is 10.3 Å². The van der Waals surface area contributed by atoms with Crippen LogP contribution in [0.1, 0.15) is 91.8 Å². The number of fused-ring (bicyclic) bond motifs is 2. The number of hydrogen-bond acceptors (Lipinski definition) is 6. The van der Waals surface area contributed by atoms with Crippen molar-refractivity contribution in [3.63, 3.8) is 0 Å². The number of aromatic nitrogens is 2. The van der Waals surface area contributed by atoms with E-state index in [9.17, 15) is 9.59 Å². The maximum atomic E-state index is 12.1. The molecule has 0 radical (unpaired) electrons. The molecule has 6 nitrogen and oxygen atoms in total. The minimum absolute atomic E-state index is 0.0663. The number of rotatable bonds is 10. The van der Waals surface area contributed by atoms with Crippen LogP contribution in [-0.2, 0) is 35.3 Å². The van der Waals surface area contributed by atoms with E-state index in [1.165, 1.54) is 46.8 Å². The lowest BCUT2D eigenvalue weighted by atomic mass is 10.0. The van der Waals surface area contributed by atoms with Gasteiger partial charge in [-0.05, 0) is 64.2 Å². The van der Waals surface area contributed by atoms with Crippen LogP contribution in [0, 0.1) is 0 Å². The van der Waals surface area contributed by atoms with Gasteiger partial charge in [0.2, 0.25) is 11.8 Å². The maximum absolute atomic E-state index is 12.1. The molecular formula is C23H32N4O2S2. The summed E-state index contributed by atoms with van der Waals surface area (Å²) in [4.78, 5) is 36.1. The number of carbonyl (C=O) groups is 2. The van der Waals surface area contributed by atoms with Gasteiger partial charge >= 0.3 is 0 Å². The van der Waals surface area contributed by atoms with Crippen LogP contribution in [-0.4, -0.2) is 21.8 Å². The molecule has 0 saturated carbocycles. The molecule has 0 saturated heterocycles. The molecule has 2 aliphatic carbocycles. The normalized spacial score (nSPS) is 15.2. The highest BCUT2D eigenvalue weighted by Crippen LogP contribution is 2.30. The zero-order chi connectivity index (χ0) is 21.5. The van der Waals surface area contributed by atoms with Crippen molar-refractivity contribution in [1.82, 2.24) is 9.97 Å². The number of amides is 2. The highest BCUT2D eigenvalue weighted by atomic mass is 32.1. The monoisotopic (exact) mass is 460 g/mol. The second-order valence-electron chi connectivity index (χ2n) is 8.56. The summed E-state index contributed by atoms with van der Waals surface area (Å²) in [5, 5.41) is 7.47. The van der Waals surface area contributed by atoms with Gasteiger partial charge in [-0.15, -0.1) is 22.7 Å². The van der Waals surface area contributed by atoms with Crippen molar-refractivity contribution in [2.75, 3.05) is 10.6 Å². The molecule has 4 rings (SSSR count). The molecule has 2 amide bonds. The molecule has 168 valence electrons. The fourth-order valence-electron chi connectivity index (χ4n) is 4.28. The van der Waals surface area contributed by atoms with Gasteiger partial charge < -0.3 is 10.6 Å². The van der Waals surface area contributed by atoms with Crippen LogP contribution in [0.5, 0.6) is 0 Å². The number of hydrogen-bond donors (Lipinski definition) is 2. The first kappa shape index (κ1) is 22.4. The zero-order valence-electron chi connectivity index (χ0n) is 18.1. The minimum atomic E-state index is 0.0663. The van der Waals surface area contributed by atoms with Gasteiger partial charge in [-0.2, -0.15) is 0 Å². The first-order valence-corrected chi connectivity index (χ1v) is 13.4. The van der Waals surface area contributed by atoms with E-state index in [4.69, 9.17) is 0 Å². The Labute approximate surface area is 192 Å². The number of nitrogens with one attached hydrogen (secondary N) is 2. The highest BCUT2D eigenvalue weighted by molar-refractivity contribution is 7.16. The lowest BCUT2D eigenvalue weighted by molar-refractivity contribution is -0.117. The van der Waals surface area contributed by atoms with Crippen molar-refractivity contribution in [2.45, 2.75) is 96.3 Å². The summed E-state index contributed by atoms with van der Waals surface area (Å²) in [5.41, 5.74) is 2.37. The second kappa shape index (κ2) is 11.2. The van der Waals surface area contributed by atoms with Crippen LogP contribution in [0.2, 0.25) is 0 Å². The molecule has 8 heteroatoms. The van der Waals surface area contributed by atoms with E-state index in [0.717, 1.165) is 68.1 Å². The van der Waals surface area contributed by atoms with E-state index >= 15 is 0 Å². The fraction of sp³-hybridized carbons (Fsp3) is 0.652. The summed E-state index contributed by atoms with van der Waals surface area (Å²) in [6.45, 7) is 0. The fourth-order valence-corrected chi connectivity index (χ4v) is 6.41. The predicted molar refractivity (Wildman–Crippen MR) is 127 cm³/mol. The van der Waals surface area contributed by atoms with E-state index in [1.807, 2.05) is 0 Å². The maximum Gasteiger partial charge on any atom is 0.226 e. The molecule has 2 N–H and O–H groups in total. The van der Waals surface area contributed by atoms with Crippen molar-refractivity contribution in [1.29, 1.82) is 0 Å². The summed E-state index contributed by atoms with van der Waals surface area (Å²) in [5.74, 6) is 0.133. The summed E-state index contributed by atoms with van der Waals surface area (Å²) in [7, 11) is 0. The lowest BCUT2D eigenvalue weighted by Gasteiger charge is -2.06. The quantitative estimate of drug-likeness (QED) is 0.448. The standard InChI is InChI=1S/C23H32N4O2S2/c28-20(26-22-24-16-10-6-8-12-18(16)30-22)14-4-2-1-3-5-15-21(29)27-23-25-17-11-7-9-13-19(17)31-23/h1-15H2,(H,24,26,28)(H,25,27,29). The van der Waals surface area contributed by atoms with Crippen molar-refractivity contribution >= 4 is 44.8 Å². The van der Waals surface area contributed by atoms with Gasteiger partial charge in [-0.25, -0.2) is 9.97 Å². The van der Waals surface area contributed by atoms with Crippen molar-refractivity contribution in [3.05, 3.63) is 21.1 Å². The Morgan fingerprint density at radius 1 is 0.645 bits per heavy atom. The molecule has 0 aliphatic heterocycles. The Morgan fingerprint density at radius 2 is 1.06 bits per heavy atom. The molecule has 2 aromatic heterocycles. The lowest BCUT2D eigenvalue weighted by Crippen LogP contribution is -2.11. The molecule has 2 aromatic rings. The first-order valence-electron chi connectivity index (χ1n) is 11.7. The third-order valence-corrected chi connectivity index (χ3v) is 8.14. The van der Waals surface area contributed by atoms with E-state index in [2.05, 4.69) is 20.6 Å². The minimum Gasteiger partial charge on any atom is -0.302 e. The largest absolute Gasteiger partial charge is 0.302 e. The molecule has 0 spiro atoms. The topological polar surface area (TPSA) is 84.0 Å². The van der Waals surface area contributed by atoms with Crippen molar-refractivity contribution in [3.8, 4) is 0 Å². The third-order valence-electron chi connectivity index (χ3n) is 5.99. The van der Waals surface area contributed by atoms with Crippen molar-refractivity contribution in [2.24, 2.45) is 0 Å². The molecular weight excluding hydrogens is 428 g/mol. The molecule has 2 aliphatic rings. The van der Waals surface area contributed by atoms with Gasteiger partial charge in [-0.1, -0.05) is 19.3 Å². The smallest absolute Gasteiger partial charge is 0.226 e. The predicted octanol–water partition coefficient (Wildman–Crippen LogP) is 5.67. The van der Waals surface area contributed by atoms with E-state index in [0.29, 0.717) is 12.8 Å². The molecule has 0 aromatic carbocycles. The number of unbranched alkanes of at least 4 members (excludes halogenated alkanes) is 4. The number of aryl methyl sites for hydroxylation is 4. The Balaban J connectivity index is 1.04. The average molecular weight is 461 g/mol. The van der Waals surface area contributed by atoms with E-state index in [1.54, 1.807) is 22.7 Å². The van der Waals surface area contributed by atoms with Gasteiger partial charge in [0.1, 0.15) is 0 Å². The van der Waals surface area contributed by atoms with Crippen molar-refractivity contribution < 1.29 is 9.59 Å². The zero-order valence-corrected chi connectivity index (χ0v) is 19.8. The van der Waals surface area contributed by atoms with E-state index in [-0.39, 0.29) is 11.8 Å². The van der Waals surface area contributed by atoms with Crippen LogP contribution < -0.4 is 10.6 Å². The van der Waals surface area contributed by atoms with Gasteiger partial charge in [-0.3, -0.25) is 9.59 Å². The first-order chi connectivity index (χ1) is 15.2. The Kier molecular flexibility index (Phi) is 8.08. The summed E-state index contributed by atoms with van der Waals surface area (Å²) in [6, 6.07) is 0.